The van der Waals surface area contributed by atoms with Crippen LogP contribution >= 0.6 is 0 Å². The van der Waals surface area contributed by atoms with Crippen molar-refractivity contribution in [1.29, 1.82) is 0 Å². The first-order valence-corrected chi connectivity index (χ1v) is 6.47. The van der Waals surface area contributed by atoms with Gasteiger partial charge < -0.3 is 4.74 Å². The zero-order valence-electron chi connectivity index (χ0n) is 11.1. The summed E-state index contributed by atoms with van der Waals surface area (Å²) in [6.07, 6.45) is 8.51. The number of rotatable bonds is 3. The summed E-state index contributed by atoms with van der Waals surface area (Å²) in [5, 5.41) is 0. The van der Waals surface area contributed by atoms with Crippen molar-refractivity contribution in [1.82, 2.24) is 4.98 Å². The van der Waals surface area contributed by atoms with E-state index in [0.717, 1.165) is 11.1 Å². The third-order valence-electron chi connectivity index (χ3n) is 2.84. The Kier molecular flexibility index (Phi) is 3.69. The number of aromatic nitrogens is 1. The van der Waals surface area contributed by atoms with Gasteiger partial charge in [-0.15, -0.1) is 0 Å². The molecular formula is C17H12N2O2. The number of hydrogen-bond donors (Lipinski definition) is 0. The minimum Gasteiger partial charge on any atom is -0.403 e. The number of ether oxygens (including phenoxy) is 1. The van der Waals surface area contributed by atoms with E-state index in [0.29, 0.717) is 5.90 Å². The van der Waals surface area contributed by atoms with Crippen molar-refractivity contribution < 1.29 is 9.53 Å². The highest BCUT2D eigenvalue weighted by molar-refractivity contribution is 6.11. The largest absolute Gasteiger partial charge is 0.403 e. The topological polar surface area (TPSA) is 51.5 Å². The number of pyridine rings is 1. The number of aliphatic imine (C=N–C) groups is 1. The Morgan fingerprint density at radius 3 is 2.52 bits per heavy atom. The van der Waals surface area contributed by atoms with Gasteiger partial charge in [0.05, 0.1) is 0 Å². The summed E-state index contributed by atoms with van der Waals surface area (Å²) < 4.78 is 5.10. The molecule has 0 fully saturated rings. The lowest BCUT2D eigenvalue weighted by Gasteiger charge is -1.92. The first-order chi connectivity index (χ1) is 10.3. The maximum Gasteiger partial charge on any atom is 0.363 e. The summed E-state index contributed by atoms with van der Waals surface area (Å²) in [7, 11) is 0. The zero-order valence-corrected chi connectivity index (χ0v) is 11.1. The molecule has 0 radical (unpaired) electrons. The zero-order chi connectivity index (χ0) is 14.5. The van der Waals surface area contributed by atoms with Crippen LogP contribution in [0.1, 0.15) is 11.1 Å². The minimum atomic E-state index is -0.452. The van der Waals surface area contributed by atoms with Gasteiger partial charge in [-0.3, -0.25) is 4.98 Å². The van der Waals surface area contributed by atoms with Gasteiger partial charge in [0, 0.05) is 18.5 Å². The highest BCUT2D eigenvalue weighted by Crippen LogP contribution is 2.16. The van der Waals surface area contributed by atoms with Crippen LogP contribution in [0.15, 0.2) is 71.6 Å². The Hall–Kier alpha value is -3.01. The fourth-order valence-electron chi connectivity index (χ4n) is 1.85. The van der Waals surface area contributed by atoms with E-state index in [9.17, 15) is 4.79 Å². The molecule has 3 rings (SSSR count). The summed E-state index contributed by atoms with van der Waals surface area (Å²) in [4.78, 5) is 19.9. The van der Waals surface area contributed by atoms with Crippen molar-refractivity contribution in [2.24, 2.45) is 4.99 Å². The molecule has 1 aromatic carbocycles. The molecule has 0 unspecified atom stereocenters. The molecule has 21 heavy (non-hydrogen) atoms. The number of carbonyl (C=O) groups is 1. The van der Waals surface area contributed by atoms with E-state index in [-0.39, 0.29) is 5.70 Å². The highest BCUT2D eigenvalue weighted by atomic mass is 16.6. The van der Waals surface area contributed by atoms with Gasteiger partial charge in [-0.05, 0) is 29.3 Å². The maximum absolute atomic E-state index is 11.7. The van der Waals surface area contributed by atoms with Crippen LogP contribution in [0.2, 0.25) is 0 Å². The first kappa shape index (κ1) is 13.0. The Balaban J connectivity index is 1.80. The molecule has 0 spiro atoms. The van der Waals surface area contributed by atoms with E-state index < -0.39 is 5.97 Å². The molecule has 0 saturated heterocycles. The average Bonchev–Trinajstić information content (AvgIpc) is 2.87. The fourth-order valence-corrected chi connectivity index (χ4v) is 1.85. The molecule has 1 aromatic heterocycles. The van der Waals surface area contributed by atoms with E-state index in [1.165, 1.54) is 0 Å². The molecule has 2 heterocycles. The lowest BCUT2D eigenvalue weighted by atomic mass is 10.2. The van der Waals surface area contributed by atoms with Crippen molar-refractivity contribution in [3.63, 3.8) is 0 Å². The van der Waals surface area contributed by atoms with Crippen LogP contribution in [0.4, 0.5) is 0 Å². The van der Waals surface area contributed by atoms with Gasteiger partial charge in [-0.1, -0.05) is 36.4 Å². The van der Waals surface area contributed by atoms with Crippen LogP contribution in [0.25, 0.3) is 12.2 Å². The molecule has 0 saturated carbocycles. The number of benzene rings is 1. The number of cyclic esters (lactones) is 1. The van der Waals surface area contributed by atoms with Crippen molar-refractivity contribution in [3.05, 3.63) is 77.8 Å². The van der Waals surface area contributed by atoms with Crippen LogP contribution in [-0.4, -0.2) is 16.9 Å². The number of esters is 1. The number of carbonyl (C=O) groups excluding carboxylic acids is 1. The van der Waals surface area contributed by atoms with E-state index in [1.807, 2.05) is 42.5 Å². The van der Waals surface area contributed by atoms with Gasteiger partial charge in [0.2, 0.25) is 5.90 Å². The molecule has 102 valence electrons. The summed E-state index contributed by atoms with van der Waals surface area (Å²) in [6.45, 7) is 0. The van der Waals surface area contributed by atoms with Gasteiger partial charge in [0.1, 0.15) is 0 Å². The summed E-state index contributed by atoms with van der Waals surface area (Å²) >= 11 is 0. The highest BCUT2D eigenvalue weighted by Gasteiger charge is 2.20. The fraction of sp³-hybridized carbons (Fsp3) is 0. The summed E-state index contributed by atoms with van der Waals surface area (Å²) in [5.74, 6) is -0.162. The second kappa shape index (κ2) is 5.96. The Morgan fingerprint density at radius 2 is 1.76 bits per heavy atom. The van der Waals surface area contributed by atoms with Crippen LogP contribution in [-0.2, 0) is 9.53 Å². The second-order valence-corrected chi connectivity index (χ2v) is 4.40. The molecule has 4 nitrogen and oxygen atoms in total. The molecule has 0 aliphatic carbocycles. The molecule has 0 atom stereocenters. The second-order valence-electron chi connectivity index (χ2n) is 4.40. The molecular weight excluding hydrogens is 264 g/mol. The van der Waals surface area contributed by atoms with Gasteiger partial charge in [-0.2, -0.15) is 0 Å². The van der Waals surface area contributed by atoms with Crippen molar-refractivity contribution in [2.45, 2.75) is 0 Å². The lowest BCUT2D eigenvalue weighted by Crippen LogP contribution is -2.01. The normalized spacial score (nSPS) is 16.3. The Morgan fingerprint density at radius 1 is 0.952 bits per heavy atom. The standard InChI is InChI=1S/C17H12N2O2/c20-17-15(11-14-7-4-10-18-12-14)19-16(21-17)9-8-13-5-2-1-3-6-13/h1-12H/b9-8?,15-11+. The Labute approximate surface area is 122 Å². The quantitative estimate of drug-likeness (QED) is 0.639. The van der Waals surface area contributed by atoms with Gasteiger partial charge in [0.15, 0.2) is 5.70 Å². The number of hydrogen-bond acceptors (Lipinski definition) is 4. The van der Waals surface area contributed by atoms with Gasteiger partial charge in [-0.25, -0.2) is 9.79 Å². The van der Waals surface area contributed by atoms with Gasteiger partial charge in [0.25, 0.3) is 0 Å². The third kappa shape index (κ3) is 3.30. The molecule has 4 heteroatoms. The van der Waals surface area contributed by atoms with E-state index in [4.69, 9.17) is 4.74 Å². The molecule has 0 bridgehead atoms. The predicted octanol–water partition coefficient (Wildman–Crippen LogP) is 3.09. The predicted molar refractivity (Wildman–Crippen MR) is 81.2 cm³/mol. The smallest absolute Gasteiger partial charge is 0.363 e. The molecule has 0 amide bonds. The van der Waals surface area contributed by atoms with E-state index in [1.54, 1.807) is 30.6 Å². The van der Waals surface area contributed by atoms with Crippen LogP contribution < -0.4 is 0 Å². The molecule has 0 N–H and O–H groups in total. The van der Waals surface area contributed by atoms with Crippen molar-refractivity contribution in [3.8, 4) is 0 Å². The summed E-state index contributed by atoms with van der Waals surface area (Å²) in [6, 6.07) is 13.4. The average molecular weight is 276 g/mol. The molecule has 1 aliphatic rings. The third-order valence-corrected chi connectivity index (χ3v) is 2.84. The lowest BCUT2D eigenvalue weighted by molar-refractivity contribution is -0.129. The van der Waals surface area contributed by atoms with E-state index >= 15 is 0 Å². The maximum atomic E-state index is 11.7. The van der Waals surface area contributed by atoms with Gasteiger partial charge >= 0.3 is 5.97 Å². The molecule has 2 aromatic rings. The SMILES string of the molecule is O=C1OC(C=Cc2ccccc2)=N/C1=C/c1cccnc1. The first-order valence-electron chi connectivity index (χ1n) is 6.47. The monoisotopic (exact) mass is 276 g/mol. The summed E-state index contributed by atoms with van der Waals surface area (Å²) in [5.41, 5.74) is 2.10. The van der Waals surface area contributed by atoms with Crippen molar-refractivity contribution >= 4 is 24.0 Å². The Bertz CT molecular complexity index is 732. The minimum absolute atomic E-state index is 0.274. The number of nitrogens with zero attached hydrogens (tertiary/aromatic N) is 2. The van der Waals surface area contributed by atoms with E-state index in [2.05, 4.69) is 9.98 Å². The van der Waals surface area contributed by atoms with Crippen molar-refractivity contribution in [2.75, 3.05) is 0 Å². The van der Waals surface area contributed by atoms with Crippen LogP contribution in [0.5, 0.6) is 0 Å². The van der Waals surface area contributed by atoms with Crippen LogP contribution in [0, 0.1) is 0 Å². The molecule has 1 aliphatic heterocycles. The van der Waals surface area contributed by atoms with Crippen LogP contribution in [0.3, 0.4) is 0 Å².